The number of hydrogen-bond donors (Lipinski definition) is 2. The van der Waals surface area contributed by atoms with Crippen molar-refractivity contribution in [3.8, 4) is 17.0 Å². The van der Waals surface area contributed by atoms with E-state index < -0.39 is 0 Å². The molecule has 3 rings (SSSR count). The van der Waals surface area contributed by atoms with Crippen molar-refractivity contribution < 1.29 is 9.53 Å². The molecule has 1 aromatic carbocycles. The van der Waals surface area contributed by atoms with Crippen molar-refractivity contribution >= 4 is 11.7 Å². The fourth-order valence-electron chi connectivity index (χ4n) is 2.98. The first-order valence-electron chi connectivity index (χ1n) is 9.45. The van der Waals surface area contributed by atoms with Crippen molar-refractivity contribution in [2.45, 2.75) is 26.2 Å². The van der Waals surface area contributed by atoms with Crippen LogP contribution in [-0.4, -0.2) is 29.7 Å². The molecule has 2 amide bonds. The summed E-state index contributed by atoms with van der Waals surface area (Å²) in [6.45, 7) is 6.65. The van der Waals surface area contributed by atoms with Crippen LogP contribution in [0.4, 0.5) is 10.5 Å². The van der Waals surface area contributed by atoms with Crippen molar-refractivity contribution in [2.24, 2.45) is 0 Å². The molecule has 2 N–H and O–H groups in total. The molecule has 29 heavy (non-hydrogen) atoms. The molecule has 0 fully saturated rings. The third-order valence-corrected chi connectivity index (χ3v) is 4.92. The maximum Gasteiger partial charge on any atom is 0.319 e. The maximum absolute atomic E-state index is 12.5. The van der Waals surface area contributed by atoms with E-state index in [4.69, 9.17) is 4.74 Å². The van der Waals surface area contributed by atoms with Gasteiger partial charge in [-0.25, -0.2) is 9.78 Å². The number of anilines is 1. The lowest BCUT2D eigenvalue weighted by molar-refractivity contribution is 0.249. The molecule has 6 nitrogen and oxygen atoms in total. The largest absolute Gasteiger partial charge is 0.481 e. The summed E-state index contributed by atoms with van der Waals surface area (Å²) in [5, 5.41) is 5.93. The van der Waals surface area contributed by atoms with Gasteiger partial charge in [0.05, 0.1) is 7.11 Å². The molecule has 150 valence electrons. The van der Waals surface area contributed by atoms with Gasteiger partial charge in [0.1, 0.15) is 0 Å². The van der Waals surface area contributed by atoms with Gasteiger partial charge in [-0.1, -0.05) is 26.0 Å². The highest BCUT2D eigenvalue weighted by atomic mass is 16.5. The molecule has 0 spiro atoms. The van der Waals surface area contributed by atoms with Gasteiger partial charge in [-0.2, -0.15) is 0 Å². The number of amides is 2. The number of nitrogens with one attached hydrogen (secondary N) is 2. The van der Waals surface area contributed by atoms with Crippen LogP contribution in [0.25, 0.3) is 11.1 Å². The minimum atomic E-state index is -0.236. The van der Waals surface area contributed by atoms with Crippen LogP contribution in [0.1, 0.15) is 25.0 Å². The van der Waals surface area contributed by atoms with Gasteiger partial charge in [0.15, 0.2) is 0 Å². The predicted octanol–water partition coefficient (Wildman–Crippen LogP) is 4.56. The Morgan fingerprint density at radius 3 is 2.45 bits per heavy atom. The number of aromatic nitrogens is 2. The second kappa shape index (κ2) is 8.73. The SMILES string of the molecule is COc1ccc(-c2ccc(C)c(NC(=O)NCC(C)(C)c3ccncc3)c2)cn1. The third-order valence-electron chi connectivity index (χ3n) is 4.92. The minimum Gasteiger partial charge on any atom is -0.481 e. The average Bonchev–Trinajstić information content (AvgIpc) is 2.75. The quantitative estimate of drug-likeness (QED) is 0.647. The summed E-state index contributed by atoms with van der Waals surface area (Å²) in [5.74, 6) is 0.565. The summed E-state index contributed by atoms with van der Waals surface area (Å²) in [7, 11) is 1.59. The normalized spacial score (nSPS) is 11.0. The van der Waals surface area contributed by atoms with Crippen molar-refractivity contribution in [3.63, 3.8) is 0 Å². The lowest BCUT2D eigenvalue weighted by Crippen LogP contribution is -2.39. The van der Waals surface area contributed by atoms with Gasteiger partial charge in [0, 0.05) is 47.9 Å². The lowest BCUT2D eigenvalue weighted by atomic mass is 9.85. The van der Waals surface area contributed by atoms with E-state index in [-0.39, 0.29) is 11.4 Å². The van der Waals surface area contributed by atoms with Crippen LogP contribution < -0.4 is 15.4 Å². The van der Waals surface area contributed by atoms with Crippen LogP contribution in [0, 0.1) is 6.92 Å². The van der Waals surface area contributed by atoms with Crippen LogP contribution in [0.3, 0.4) is 0 Å². The second-order valence-corrected chi connectivity index (χ2v) is 7.55. The molecule has 0 atom stereocenters. The minimum absolute atomic E-state index is 0.202. The first-order chi connectivity index (χ1) is 13.9. The van der Waals surface area contributed by atoms with Gasteiger partial charge in [-0.05, 0) is 47.9 Å². The standard InChI is InChI=1S/C23H26N4O2/c1-16-5-6-17(18-7-8-21(29-4)25-14-18)13-20(16)27-22(28)26-15-23(2,3)19-9-11-24-12-10-19/h5-14H,15H2,1-4H3,(H2,26,27,28). The van der Waals surface area contributed by atoms with Crippen molar-refractivity contribution in [2.75, 3.05) is 19.0 Å². The molecule has 0 bridgehead atoms. The number of ether oxygens (including phenoxy) is 1. The van der Waals surface area contributed by atoms with E-state index in [1.807, 2.05) is 49.4 Å². The zero-order valence-corrected chi connectivity index (χ0v) is 17.2. The van der Waals surface area contributed by atoms with Crippen LogP contribution in [-0.2, 0) is 5.41 Å². The molecule has 0 aliphatic heterocycles. The first kappa shape index (κ1) is 20.3. The summed E-state index contributed by atoms with van der Waals surface area (Å²) < 4.78 is 5.11. The van der Waals surface area contributed by atoms with Gasteiger partial charge in [-0.15, -0.1) is 0 Å². The summed E-state index contributed by atoms with van der Waals surface area (Å²) >= 11 is 0. The molecule has 6 heteroatoms. The number of hydrogen-bond acceptors (Lipinski definition) is 4. The van der Waals surface area contributed by atoms with E-state index in [0.29, 0.717) is 12.4 Å². The van der Waals surface area contributed by atoms with E-state index in [1.54, 1.807) is 25.7 Å². The Balaban J connectivity index is 1.68. The molecule has 3 aromatic rings. The van der Waals surface area contributed by atoms with Gasteiger partial charge in [-0.3, -0.25) is 4.98 Å². The number of carbonyl (C=O) groups excluding carboxylic acids is 1. The lowest BCUT2D eigenvalue weighted by Gasteiger charge is -2.25. The van der Waals surface area contributed by atoms with Crippen LogP contribution in [0.15, 0.2) is 61.1 Å². The molecular formula is C23H26N4O2. The molecule has 2 heterocycles. The Labute approximate surface area is 171 Å². The Hall–Kier alpha value is -3.41. The fraction of sp³-hybridized carbons (Fsp3) is 0.261. The van der Waals surface area contributed by atoms with Crippen molar-refractivity contribution in [3.05, 3.63) is 72.2 Å². The monoisotopic (exact) mass is 390 g/mol. The summed E-state index contributed by atoms with van der Waals surface area (Å²) in [5.41, 5.74) is 4.59. The maximum atomic E-state index is 12.5. The van der Waals surface area contributed by atoms with Crippen molar-refractivity contribution in [1.29, 1.82) is 0 Å². The number of benzene rings is 1. The third kappa shape index (κ3) is 5.10. The number of aryl methyl sites for hydroxylation is 1. The van der Waals surface area contributed by atoms with E-state index in [9.17, 15) is 4.79 Å². The Morgan fingerprint density at radius 2 is 1.79 bits per heavy atom. The van der Waals surface area contributed by atoms with Crippen LogP contribution >= 0.6 is 0 Å². The van der Waals surface area contributed by atoms with E-state index in [1.165, 1.54) is 0 Å². The zero-order valence-electron chi connectivity index (χ0n) is 17.2. The number of rotatable bonds is 6. The topological polar surface area (TPSA) is 76.1 Å². The van der Waals surface area contributed by atoms with Gasteiger partial charge in [0.25, 0.3) is 0 Å². The highest BCUT2D eigenvalue weighted by Crippen LogP contribution is 2.26. The number of pyridine rings is 2. The molecule has 0 saturated heterocycles. The number of urea groups is 1. The van der Waals surface area contributed by atoms with Crippen LogP contribution in [0.2, 0.25) is 0 Å². The summed E-state index contributed by atoms with van der Waals surface area (Å²) in [4.78, 5) is 20.8. The van der Waals surface area contributed by atoms with Crippen molar-refractivity contribution in [1.82, 2.24) is 15.3 Å². The Bertz CT molecular complexity index is 970. The molecular weight excluding hydrogens is 364 g/mol. The molecule has 0 unspecified atom stereocenters. The molecule has 2 aromatic heterocycles. The van der Waals surface area contributed by atoms with Gasteiger partial charge >= 0.3 is 6.03 Å². The molecule has 0 saturated carbocycles. The smallest absolute Gasteiger partial charge is 0.319 e. The van der Waals surface area contributed by atoms with E-state index >= 15 is 0 Å². The van der Waals surface area contributed by atoms with Gasteiger partial charge < -0.3 is 15.4 Å². The first-order valence-corrected chi connectivity index (χ1v) is 9.45. The molecule has 0 radical (unpaired) electrons. The Morgan fingerprint density at radius 1 is 1.07 bits per heavy atom. The summed E-state index contributed by atoms with van der Waals surface area (Å²) in [6, 6.07) is 13.4. The highest BCUT2D eigenvalue weighted by Gasteiger charge is 2.21. The number of carbonyl (C=O) groups is 1. The summed E-state index contributed by atoms with van der Waals surface area (Å²) in [6.07, 6.45) is 5.28. The van der Waals surface area contributed by atoms with E-state index in [0.717, 1.165) is 27.9 Å². The average molecular weight is 390 g/mol. The second-order valence-electron chi connectivity index (χ2n) is 7.55. The number of methoxy groups -OCH3 is 1. The zero-order chi connectivity index (χ0) is 20.9. The predicted molar refractivity (Wildman–Crippen MR) is 115 cm³/mol. The van der Waals surface area contributed by atoms with Crippen LogP contribution in [0.5, 0.6) is 5.88 Å². The molecule has 0 aliphatic carbocycles. The van der Waals surface area contributed by atoms with Gasteiger partial charge in [0.2, 0.25) is 5.88 Å². The fourth-order valence-corrected chi connectivity index (χ4v) is 2.98. The highest BCUT2D eigenvalue weighted by molar-refractivity contribution is 5.91. The Kier molecular flexibility index (Phi) is 6.12. The van der Waals surface area contributed by atoms with E-state index in [2.05, 4.69) is 34.4 Å². The number of nitrogens with zero attached hydrogens (tertiary/aromatic N) is 2. The molecule has 0 aliphatic rings.